The molecular formula is C15H31N3O3. The third-order valence-electron chi connectivity index (χ3n) is 3.78. The number of unbranched alkanes of at least 4 members (excludes halogenated alkanes) is 1. The highest BCUT2D eigenvalue weighted by atomic mass is 16.6. The standard InChI is InChI=1S/C15H31N3O3/c1-2-3-12-20-13-4-6-15(19)18-10-8-17(9-11-18)7-5-14-21-16/h2-14,16H2,1H3. The van der Waals surface area contributed by atoms with Gasteiger partial charge >= 0.3 is 0 Å². The summed E-state index contributed by atoms with van der Waals surface area (Å²) in [5, 5.41) is 0. The van der Waals surface area contributed by atoms with Crippen molar-refractivity contribution in [2.75, 3.05) is 52.5 Å². The molecule has 0 aliphatic carbocycles. The Labute approximate surface area is 128 Å². The summed E-state index contributed by atoms with van der Waals surface area (Å²) in [4.78, 5) is 21.0. The summed E-state index contributed by atoms with van der Waals surface area (Å²) >= 11 is 0. The van der Waals surface area contributed by atoms with Crippen LogP contribution in [0, 0.1) is 0 Å². The SMILES string of the molecule is CCCCOCCCC(=O)N1CCN(CCCON)CC1. The minimum atomic E-state index is 0.263. The van der Waals surface area contributed by atoms with E-state index in [0.717, 1.165) is 65.0 Å². The molecule has 1 amide bonds. The monoisotopic (exact) mass is 301 g/mol. The van der Waals surface area contributed by atoms with Crippen LogP contribution in [0.1, 0.15) is 39.0 Å². The van der Waals surface area contributed by atoms with Gasteiger partial charge in [0, 0.05) is 52.4 Å². The number of hydrogen-bond donors (Lipinski definition) is 1. The number of ether oxygens (including phenoxy) is 1. The van der Waals surface area contributed by atoms with E-state index in [9.17, 15) is 4.79 Å². The van der Waals surface area contributed by atoms with Crippen LogP contribution in [-0.4, -0.2) is 68.3 Å². The first-order valence-corrected chi connectivity index (χ1v) is 8.17. The van der Waals surface area contributed by atoms with Gasteiger partial charge in [0.15, 0.2) is 0 Å². The molecule has 0 aromatic heterocycles. The minimum absolute atomic E-state index is 0.263. The van der Waals surface area contributed by atoms with E-state index < -0.39 is 0 Å². The van der Waals surface area contributed by atoms with Gasteiger partial charge in [-0.2, -0.15) is 0 Å². The predicted molar refractivity (Wildman–Crippen MR) is 82.7 cm³/mol. The second-order valence-corrected chi connectivity index (χ2v) is 5.52. The Bertz CT molecular complexity index is 269. The molecule has 0 radical (unpaired) electrons. The van der Waals surface area contributed by atoms with E-state index >= 15 is 0 Å². The highest BCUT2D eigenvalue weighted by Gasteiger charge is 2.20. The average Bonchev–Trinajstić information content (AvgIpc) is 2.51. The zero-order valence-corrected chi connectivity index (χ0v) is 13.4. The number of carbonyl (C=O) groups excluding carboxylic acids is 1. The third-order valence-corrected chi connectivity index (χ3v) is 3.78. The first-order valence-electron chi connectivity index (χ1n) is 8.17. The number of amides is 1. The van der Waals surface area contributed by atoms with Crippen molar-refractivity contribution in [3.63, 3.8) is 0 Å². The molecule has 1 rings (SSSR count). The molecule has 0 aromatic rings. The Morgan fingerprint density at radius 1 is 1.05 bits per heavy atom. The lowest BCUT2D eigenvalue weighted by Gasteiger charge is -2.34. The van der Waals surface area contributed by atoms with Crippen LogP contribution in [0.25, 0.3) is 0 Å². The molecule has 1 aliphatic rings. The largest absolute Gasteiger partial charge is 0.381 e. The number of hydrogen-bond acceptors (Lipinski definition) is 5. The maximum atomic E-state index is 12.1. The molecule has 124 valence electrons. The molecule has 6 heteroatoms. The van der Waals surface area contributed by atoms with Crippen LogP contribution in [-0.2, 0) is 14.4 Å². The van der Waals surface area contributed by atoms with E-state index in [1.165, 1.54) is 0 Å². The molecule has 0 aromatic carbocycles. The number of carbonyl (C=O) groups is 1. The van der Waals surface area contributed by atoms with Crippen molar-refractivity contribution in [1.82, 2.24) is 9.80 Å². The van der Waals surface area contributed by atoms with E-state index in [-0.39, 0.29) is 5.91 Å². The Morgan fingerprint density at radius 3 is 2.43 bits per heavy atom. The van der Waals surface area contributed by atoms with Crippen molar-refractivity contribution < 1.29 is 14.4 Å². The molecule has 0 spiro atoms. The summed E-state index contributed by atoms with van der Waals surface area (Å²) in [5.74, 6) is 5.27. The Balaban J connectivity index is 2.03. The first kappa shape index (κ1) is 18.4. The molecule has 21 heavy (non-hydrogen) atoms. The summed E-state index contributed by atoms with van der Waals surface area (Å²) in [6.07, 6.45) is 4.63. The van der Waals surface area contributed by atoms with Gasteiger partial charge in [0.2, 0.25) is 5.91 Å². The lowest BCUT2D eigenvalue weighted by molar-refractivity contribution is -0.133. The normalized spacial score (nSPS) is 16.4. The van der Waals surface area contributed by atoms with Gasteiger partial charge in [0.05, 0.1) is 6.61 Å². The Morgan fingerprint density at radius 2 is 1.76 bits per heavy atom. The number of nitrogens with two attached hydrogens (primary N) is 1. The molecule has 1 saturated heterocycles. The van der Waals surface area contributed by atoms with Gasteiger partial charge in [0.1, 0.15) is 0 Å². The number of piperazine rings is 1. The molecule has 0 saturated carbocycles. The van der Waals surface area contributed by atoms with Crippen LogP contribution < -0.4 is 5.90 Å². The smallest absolute Gasteiger partial charge is 0.222 e. The summed E-state index contributed by atoms with van der Waals surface area (Å²) < 4.78 is 5.48. The maximum Gasteiger partial charge on any atom is 0.222 e. The number of nitrogens with zero attached hydrogens (tertiary/aromatic N) is 2. The van der Waals surface area contributed by atoms with E-state index in [1.54, 1.807) is 0 Å². The van der Waals surface area contributed by atoms with E-state index in [4.69, 9.17) is 10.6 Å². The minimum Gasteiger partial charge on any atom is -0.381 e. The van der Waals surface area contributed by atoms with E-state index in [0.29, 0.717) is 19.6 Å². The fraction of sp³-hybridized carbons (Fsp3) is 0.933. The second kappa shape index (κ2) is 11.9. The van der Waals surface area contributed by atoms with Gasteiger partial charge < -0.3 is 14.5 Å². The van der Waals surface area contributed by atoms with Gasteiger partial charge in [-0.15, -0.1) is 0 Å². The summed E-state index contributed by atoms with van der Waals surface area (Å²) in [6, 6.07) is 0. The van der Waals surface area contributed by atoms with Crippen molar-refractivity contribution in [1.29, 1.82) is 0 Å². The summed E-state index contributed by atoms with van der Waals surface area (Å²) in [6.45, 7) is 8.81. The zero-order valence-electron chi connectivity index (χ0n) is 13.4. The fourth-order valence-corrected chi connectivity index (χ4v) is 2.42. The molecule has 1 heterocycles. The quantitative estimate of drug-likeness (QED) is 0.456. The van der Waals surface area contributed by atoms with Crippen molar-refractivity contribution in [2.45, 2.75) is 39.0 Å². The van der Waals surface area contributed by atoms with Gasteiger partial charge in [-0.3, -0.25) is 9.69 Å². The molecule has 1 fully saturated rings. The molecular weight excluding hydrogens is 270 g/mol. The van der Waals surface area contributed by atoms with Crippen LogP contribution in [0.2, 0.25) is 0 Å². The lowest BCUT2D eigenvalue weighted by atomic mass is 10.2. The zero-order chi connectivity index (χ0) is 15.3. The first-order chi connectivity index (χ1) is 10.3. The highest BCUT2D eigenvalue weighted by Crippen LogP contribution is 2.06. The topological polar surface area (TPSA) is 68.0 Å². The summed E-state index contributed by atoms with van der Waals surface area (Å²) in [7, 11) is 0. The van der Waals surface area contributed by atoms with Crippen LogP contribution in [0.15, 0.2) is 0 Å². The van der Waals surface area contributed by atoms with E-state index in [2.05, 4.69) is 16.7 Å². The fourth-order valence-electron chi connectivity index (χ4n) is 2.42. The van der Waals surface area contributed by atoms with Crippen molar-refractivity contribution in [3.05, 3.63) is 0 Å². The third kappa shape index (κ3) is 8.36. The van der Waals surface area contributed by atoms with Crippen LogP contribution in [0.5, 0.6) is 0 Å². The molecule has 1 aliphatic heterocycles. The molecule has 0 unspecified atom stereocenters. The molecule has 6 nitrogen and oxygen atoms in total. The van der Waals surface area contributed by atoms with E-state index in [1.807, 2.05) is 4.90 Å². The van der Waals surface area contributed by atoms with Gasteiger partial charge in [-0.05, 0) is 19.3 Å². The number of rotatable bonds is 11. The van der Waals surface area contributed by atoms with Gasteiger partial charge in [-0.1, -0.05) is 13.3 Å². The summed E-state index contributed by atoms with van der Waals surface area (Å²) in [5.41, 5.74) is 0. The Hall–Kier alpha value is -0.690. The molecule has 0 atom stereocenters. The van der Waals surface area contributed by atoms with Crippen LogP contribution in [0.4, 0.5) is 0 Å². The predicted octanol–water partition coefficient (Wildman–Crippen LogP) is 1.01. The van der Waals surface area contributed by atoms with Crippen molar-refractivity contribution in [2.24, 2.45) is 5.90 Å². The molecule has 2 N–H and O–H groups in total. The van der Waals surface area contributed by atoms with Gasteiger partial charge in [0.25, 0.3) is 0 Å². The van der Waals surface area contributed by atoms with Gasteiger partial charge in [-0.25, -0.2) is 5.90 Å². The average molecular weight is 301 g/mol. The maximum absolute atomic E-state index is 12.1. The highest BCUT2D eigenvalue weighted by molar-refractivity contribution is 5.76. The molecule has 0 bridgehead atoms. The lowest BCUT2D eigenvalue weighted by Crippen LogP contribution is -2.49. The second-order valence-electron chi connectivity index (χ2n) is 5.52. The van der Waals surface area contributed by atoms with Crippen molar-refractivity contribution in [3.8, 4) is 0 Å². The Kier molecular flexibility index (Phi) is 10.4. The van der Waals surface area contributed by atoms with Crippen LogP contribution in [0.3, 0.4) is 0 Å². The van der Waals surface area contributed by atoms with Crippen LogP contribution >= 0.6 is 0 Å². The van der Waals surface area contributed by atoms with Crippen molar-refractivity contribution >= 4 is 5.91 Å².